The molecule has 0 aliphatic heterocycles. The Labute approximate surface area is 109 Å². The Hall–Kier alpha value is -1.40. The first kappa shape index (κ1) is 14.7. The molecule has 0 bridgehead atoms. The first-order valence-corrected chi connectivity index (χ1v) is 6.60. The highest BCUT2D eigenvalue weighted by molar-refractivity contribution is 7.10. The van der Waals surface area contributed by atoms with Crippen molar-refractivity contribution in [1.29, 1.82) is 0 Å². The third-order valence-electron chi connectivity index (χ3n) is 2.54. The highest BCUT2D eigenvalue weighted by atomic mass is 32.1. The van der Waals surface area contributed by atoms with Gasteiger partial charge in [0.1, 0.15) is 0 Å². The van der Waals surface area contributed by atoms with Gasteiger partial charge in [-0.15, -0.1) is 11.3 Å². The summed E-state index contributed by atoms with van der Waals surface area (Å²) in [7, 11) is 0. The number of carbonyl (C=O) groups is 2. The van der Waals surface area contributed by atoms with Crippen LogP contribution in [0.15, 0.2) is 17.5 Å². The number of carboxylic acids is 2. The van der Waals surface area contributed by atoms with E-state index in [0.717, 1.165) is 4.88 Å². The second kappa shape index (κ2) is 7.13. The fourth-order valence-electron chi connectivity index (χ4n) is 1.67. The van der Waals surface area contributed by atoms with Crippen LogP contribution in [0.2, 0.25) is 0 Å². The zero-order valence-corrected chi connectivity index (χ0v) is 10.9. The van der Waals surface area contributed by atoms with Crippen LogP contribution < -0.4 is 5.32 Å². The highest BCUT2D eigenvalue weighted by Gasteiger charge is 2.18. The molecule has 1 aromatic heterocycles. The van der Waals surface area contributed by atoms with E-state index in [9.17, 15) is 9.59 Å². The van der Waals surface area contributed by atoms with Crippen LogP contribution in [-0.2, 0) is 9.59 Å². The van der Waals surface area contributed by atoms with Gasteiger partial charge in [0.2, 0.25) is 0 Å². The number of thiophene rings is 1. The van der Waals surface area contributed by atoms with Crippen LogP contribution >= 0.6 is 11.3 Å². The van der Waals surface area contributed by atoms with E-state index >= 15 is 0 Å². The minimum absolute atomic E-state index is 0.00206. The predicted molar refractivity (Wildman–Crippen MR) is 68.8 cm³/mol. The Morgan fingerprint density at radius 2 is 2.11 bits per heavy atom. The fraction of sp³-hybridized carbons (Fsp3) is 0.500. The molecular weight excluding hydrogens is 254 g/mol. The molecule has 2 atom stereocenters. The molecule has 0 saturated carbocycles. The van der Waals surface area contributed by atoms with Gasteiger partial charge in [-0.2, -0.15) is 0 Å². The first-order valence-electron chi connectivity index (χ1n) is 5.72. The van der Waals surface area contributed by atoms with Gasteiger partial charge in [-0.25, -0.2) is 0 Å². The highest BCUT2D eigenvalue weighted by Crippen LogP contribution is 2.23. The molecule has 0 fully saturated rings. The first-order chi connectivity index (χ1) is 8.49. The normalized spacial score (nSPS) is 14.1. The maximum Gasteiger partial charge on any atom is 0.305 e. The number of rotatable bonds is 8. The van der Waals surface area contributed by atoms with E-state index in [1.807, 2.05) is 24.4 Å². The lowest BCUT2D eigenvalue weighted by atomic mass is 10.1. The molecule has 1 heterocycles. The molecule has 1 rings (SSSR count). The Morgan fingerprint density at radius 1 is 1.39 bits per heavy atom. The molecule has 0 aliphatic carbocycles. The average molecular weight is 271 g/mol. The van der Waals surface area contributed by atoms with Crippen LogP contribution in [0.3, 0.4) is 0 Å². The lowest BCUT2D eigenvalue weighted by Gasteiger charge is -2.20. The van der Waals surface area contributed by atoms with E-state index in [-0.39, 0.29) is 24.9 Å². The van der Waals surface area contributed by atoms with Crippen molar-refractivity contribution in [3.63, 3.8) is 0 Å². The SMILES string of the molecule is CC(CCC(=O)O)NC(CC(=O)O)c1cccs1. The number of nitrogens with one attached hydrogen (secondary N) is 1. The van der Waals surface area contributed by atoms with Crippen LogP contribution in [0.4, 0.5) is 0 Å². The van der Waals surface area contributed by atoms with Crippen molar-refractivity contribution in [3.8, 4) is 0 Å². The minimum atomic E-state index is -0.869. The van der Waals surface area contributed by atoms with Crippen LogP contribution in [0, 0.1) is 0 Å². The topological polar surface area (TPSA) is 86.6 Å². The van der Waals surface area contributed by atoms with E-state index in [2.05, 4.69) is 5.32 Å². The third-order valence-corrected chi connectivity index (χ3v) is 3.53. The summed E-state index contributed by atoms with van der Waals surface area (Å²) in [5, 5.41) is 22.6. The Kier molecular flexibility index (Phi) is 5.80. The zero-order valence-electron chi connectivity index (χ0n) is 10.1. The van der Waals surface area contributed by atoms with Gasteiger partial charge in [-0.05, 0) is 24.8 Å². The molecule has 0 radical (unpaired) electrons. The summed E-state index contributed by atoms with van der Waals surface area (Å²) in [6, 6.07) is 3.46. The third kappa shape index (κ3) is 5.29. The van der Waals surface area contributed by atoms with Crippen LogP contribution in [0.1, 0.15) is 37.1 Å². The molecule has 0 saturated heterocycles. The molecule has 0 spiro atoms. The number of carboxylic acid groups (broad SMARTS) is 2. The van der Waals surface area contributed by atoms with Crippen molar-refractivity contribution < 1.29 is 19.8 Å². The maximum absolute atomic E-state index is 10.8. The molecule has 0 amide bonds. The summed E-state index contributed by atoms with van der Waals surface area (Å²) < 4.78 is 0. The van der Waals surface area contributed by atoms with Gasteiger partial charge in [0, 0.05) is 17.3 Å². The summed E-state index contributed by atoms with van der Waals surface area (Å²) in [4.78, 5) is 22.3. The predicted octanol–water partition coefficient (Wildman–Crippen LogP) is 2.11. The molecule has 5 nitrogen and oxygen atoms in total. The van der Waals surface area contributed by atoms with Crippen molar-refractivity contribution in [1.82, 2.24) is 5.32 Å². The van der Waals surface area contributed by atoms with Crippen LogP contribution in [0.5, 0.6) is 0 Å². The molecule has 18 heavy (non-hydrogen) atoms. The monoisotopic (exact) mass is 271 g/mol. The lowest BCUT2D eigenvalue weighted by Crippen LogP contribution is -2.32. The second-order valence-corrected chi connectivity index (χ2v) is 5.15. The molecule has 1 aromatic rings. The van der Waals surface area contributed by atoms with E-state index in [0.29, 0.717) is 6.42 Å². The van der Waals surface area contributed by atoms with Crippen LogP contribution in [0.25, 0.3) is 0 Å². The summed E-state index contributed by atoms with van der Waals surface area (Å²) in [6.07, 6.45) is 0.563. The number of aliphatic carboxylic acids is 2. The molecule has 6 heteroatoms. The minimum Gasteiger partial charge on any atom is -0.481 e. The molecule has 0 aliphatic rings. The van der Waals surface area contributed by atoms with E-state index < -0.39 is 11.9 Å². The lowest BCUT2D eigenvalue weighted by molar-refractivity contribution is -0.138. The van der Waals surface area contributed by atoms with Crippen molar-refractivity contribution in [2.45, 2.75) is 38.3 Å². The zero-order chi connectivity index (χ0) is 13.5. The van der Waals surface area contributed by atoms with Gasteiger partial charge in [-0.3, -0.25) is 9.59 Å². The maximum atomic E-state index is 10.8. The van der Waals surface area contributed by atoms with E-state index in [4.69, 9.17) is 10.2 Å². The van der Waals surface area contributed by atoms with Gasteiger partial charge in [-0.1, -0.05) is 6.07 Å². The summed E-state index contributed by atoms with van der Waals surface area (Å²) in [6.45, 7) is 1.87. The van der Waals surface area contributed by atoms with Gasteiger partial charge < -0.3 is 15.5 Å². The fourth-order valence-corrected chi connectivity index (χ4v) is 2.46. The van der Waals surface area contributed by atoms with Crippen molar-refractivity contribution >= 4 is 23.3 Å². The number of hydrogen-bond donors (Lipinski definition) is 3. The molecule has 3 N–H and O–H groups in total. The quantitative estimate of drug-likeness (QED) is 0.674. The number of hydrogen-bond acceptors (Lipinski definition) is 4. The summed E-state index contributed by atoms with van der Waals surface area (Å²) in [5.74, 6) is -1.71. The summed E-state index contributed by atoms with van der Waals surface area (Å²) in [5.41, 5.74) is 0. The van der Waals surface area contributed by atoms with Gasteiger partial charge in [0.25, 0.3) is 0 Å². The molecule has 100 valence electrons. The smallest absolute Gasteiger partial charge is 0.305 e. The van der Waals surface area contributed by atoms with Gasteiger partial charge in [0.15, 0.2) is 0 Å². The average Bonchev–Trinajstić information content (AvgIpc) is 2.78. The van der Waals surface area contributed by atoms with E-state index in [1.54, 1.807) is 0 Å². The Bertz CT molecular complexity index is 391. The van der Waals surface area contributed by atoms with Crippen molar-refractivity contribution in [3.05, 3.63) is 22.4 Å². The van der Waals surface area contributed by atoms with Gasteiger partial charge in [0.05, 0.1) is 12.5 Å². The summed E-state index contributed by atoms with van der Waals surface area (Å²) >= 11 is 1.50. The van der Waals surface area contributed by atoms with Crippen molar-refractivity contribution in [2.75, 3.05) is 0 Å². The van der Waals surface area contributed by atoms with Crippen LogP contribution in [-0.4, -0.2) is 28.2 Å². The van der Waals surface area contributed by atoms with Gasteiger partial charge >= 0.3 is 11.9 Å². The molecular formula is C12H17NO4S. The largest absolute Gasteiger partial charge is 0.481 e. The second-order valence-electron chi connectivity index (χ2n) is 4.17. The van der Waals surface area contributed by atoms with E-state index in [1.165, 1.54) is 11.3 Å². The van der Waals surface area contributed by atoms with Crippen molar-refractivity contribution in [2.24, 2.45) is 0 Å². The molecule has 0 aromatic carbocycles. The standard InChI is InChI=1S/C12H17NO4S/c1-8(4-5-11(14)15)13-9(7-12(16)17)10-3-2-6-18-10/h2-3,6,8-9,13H,4-5,7H2,1H3,(H,14,15)(H,16,17). The molecule has 2 unspecified atom stereocenters. The Morgan fingerprint density at radius 3 is 2.61 bits per heavy atom. The Balaban J connectivity index is 2.56.